The number of nitrogens with zero attached hydrogens (tertiary/aromatic N) is 1. The molecular formula is C19H20N2O7. The van der Waals surface area contributed by atoms with Gasteiger partial charge in [0, 0.05) is 6.07 Å². The molecule has 2 aromatic rings. The Hall–Kier alpha value is -3.46. The summed E-state index contributed by atoms with van der Waals surface area (Å²) in [5.74, 6) is -0.744. The molecule has 28 heavy (non-hydrogen) atoms. The van der Waals surface area contributed by atoms with E-state index in [9.17, 15) is 19.7 Å². The zero-order valence-corrected chi connectivity index (χ0v) is 15.4. The van der Waals surface area contributed by atoms with Crippen LogP contribution in [0.1, 0.15) is 22.8 Å². The quantitative estimate of drug-likeness (QED) is 0.415. The summed E-state index contributed by atoms with van der Waals surface area (Å²) >= 11 is 0. The zero-order chi connectivity index (χ0) is 20.7. The SMILES string of the molecule is CCOC(=O)C(N)Cc1ccc(Oc2ccc(C(=O)OC)cc2)c([N+](=O)[O-])c1. The van der Waals surface area contributed by atoms with Gasteiger partial charge in [0.2, 0.25) is 5.75 Å². The number of carbonyl (C=O) groups is 2. The lowest BCUT2D eigenvalue weighted by Crippen LogP contribution is -2.34. The van der Waals surface area contributed by atoms with Gasteiger partial charge < -0.3 is 19.9 Å². The second kappa shape index (κ2) is 9.47. The van der Waals surface area contributed by atoms with Gasteiger partial charge in [-0.2, -0.15) is 0 Å². The first-order valence-electron chi connectivity index (χ1n) is 8.41. The minimum absolute atomic E-state index is 0.0178. The molecule has 2 N–H and O–H groups in total. The zero-order valence-electron chi connectivity index (χ0n) is 15.4. The summed E-state index contributed by atoms with van der Waals surface area (Å²) in [6.07, 6.45) is 0.0911. The first kappa shape index (κ1) is 20.8. The molecule has 0 bridgehead atoms. The van der Waals surface area contributed by atoms with Gasteiger partial charge in [-0.25, -0.2) is 4.79 Å². The maximum atomic E-state index is 11.6. The van der Waals surface area contributed by atoms with Crippen LogP contribution in [0.3, 0.4) is 0 Å². The molecule has 0 aliphatic rings. The lowest BCUT2D eigenvalue weighted by molar-refractivity contribution is -0.385. The molecule has 2 rings (SSSR count). The van der Waals surface area contributed by atoms with Crippen LogP contribution in [0.5, 0.6) is 11.5 Å². The van der Waals surface area contributed by atoms with Gasteiger partial charge in [-0.1, -0.05) is 6.07 Å². The van der Waals surface area contributed by atoms with Crippen molar-refractivity contribution >= 4 is 17.6 Å². The number of rotatable bonds is 8. The Labute approximate surface area is 161 Å². The molecule has 0 aliphatic heterocycles. The van der Waals surface area contributed by atoms with E-state index in [0.29, 0.717) is 16.9 Å². The van der Waals surface area contributed by atoms with E-state index in [0.717, 1.165) is 0 Å². The third-order valence-corrected chi connectivity index (χ3v) is 3.77. The Morgan fingerprint density at radius 3 is 2.43 bits per heavy atom. The Morgan fingerprint density at radius 2 is 1.86 bits per heavy atom. The number of nitrogens with two attached hydrogens (primary N) is 1. The minimum atomic E-state index is -0.919. The number of methoxy groups -OCH3 is 1. The van der Waals surface area contributed by atoms with Gasteiger partial charge >= 0.3 is 17.6 Å². The summed E-state index contributed by atoms with van der Waals surface area (Å²) < 4.78 is 15.0. The average molecular weight is 388 g/mol. The molecule has 1 unspecified atom stereocenters. The van der Waals surface area contributed by atoms with Gasteiger partial charge in [0.25, 0.3) is 0 Å². The highest BCUT2D eigenvalue weighted by Crippen LogP contribution is 2.32. The van der Waals surface area contributed by atoms with Crippen LogP contribution in [-0.4, -0.2) is 36.6 Å². The van der Waals surface area contributed by atoms with Crippen LogP contribution < -0.4 is 10.5 Å². The van der Waals surface area contributed by atoms with Crippen molar-refractivity contribution in [2.75, 3.05) is 13.7 Å². The number of nitro benzene ring substituents is 1. The van der Waals surface area contributed by atoms with Gasteiger partial charge in [-0.05, 0) is 49.2 Å². The molecule has 9 nitrogen and oxygen atoms in total. The van der Waals surface area contributed by atoms with Gasteiger partial charge in [0.15, 0.2) is 0 Å². The minimum Gasteiger partial charge on any atom is -0.465 e. The number of carbonyl (C=O) groups excluding carboxylic acids is 2. The van der Waals surface area contributed by atoms with Crippen LogP contribution in [0, 0.1) is 10.1 Å². The van der Waals surface area contributed by atoms with E-state index in [1.807, 2.05) is 0 Å². The number of benzene rings is 2. The Morgan fingerprint density at radius 1 is 1.18 bits per heavy atom. The van der Waals surface area contributed by atoms with E-state index in [2.05, 4.69) is 4.74 Å². The topological polar surface area (TPSA) is 131 Å². The standard InChI is InChI=1S/C19H20N2O7/c1-3-27-19(23)15(20)10-12-4-9-17(16(11-12)21(24)25)28-14-7-5-13(6-8-14)18(22)26-2/h4-9,11,15H,3,10,20H2,1-2H3. The molecular weight excluding hydrogens is 368 g/mol. The maximum absolute atomic E-state index is 11.6. The number of hydrogen-bond donors (Lipinski definition) is 1. The maximum Gasteiger partial charge on any atom is 0.337 e. The van der Waals surface area contributed by atoms with E-state index < -0.39 is 22.9 Å². The van der Waals surface area contributed by atoms with Gasteiger partial charge in [0.05, 0.1) is 24.2 Å². The molecule has 0 aliphatic carbocycles. The number of esters is 2. The fourth-order valence-corrected chi connectivity index (χ4v) is 2.41. The molecule has 0 heterocycles. The van der Waals surface area contributed by atoms with Crippen molar-refractivity contribution < 1.29 is 28.7 Å². The number of nitro groups is 1. The first-order valence-corrected chi connectivity index (χ1v) is 8.41. The summed E-state index contributed by atoms with van der Waals surface area (Å²) in [6, 6.07) is 9.37. The van der Waals surface area contributed by atoms with E-state index in [1.165, 1.54) is 43.5 Å². The molecule has 0 amide bonds. The molecule has 2 aromatic carbocycles. The molecule has 148 valence electrons. The van der Waals surface area contributed by atoms with E-state index in [1.54, 1.807) is 13.0 Å². The van der Waals surface area contributed by atoms with Crippen molar-refractivity contribution in [2.24, 2.45) is 5.73 Å². The largest absolute Gasteiger partial charge is 0.465 e. The van der Waals surface area contributed by atoms with Crippen molar-refractivity contribution in [1.82, 2.24) is 0 Å². The Bertz CT molecular complexity index is 865. The van der Waals surface area contributed by atoms with Crippen LogP contribution in [0.4, 0.5) is 5.69 Å². The smallest absolute Gasteiger partial charge is 0.337 e. The fraction of sp³-hybridized carbons (Fsp3) is 0.263. The predicted molar refractivity (Wildman–Crippen MR) is 99.3 cm³/mol. The number of hydrogen-bond acceptors (Lipinski definition) is 8. The van der Waals surface area contributed by atoms with Crippen molar-refractivity contribution in [3.63, 3.8) is 0 Å². The van der Waals surface area contributed by atoms with Crippen molar-refractivity contribution in [3.8, 4) is 11.5 Å². The van der Waals surface area contributed by atoms with Crippen LogP contribution in [0.15, 0.2) is 42.5 Å². The average Bonchev–Trinajstić information content (AvgIpc) is 2.69. The Balaban J connectivity index is 2.20. The molecule has 0 aromatic heterocycles. The predicted octanol–water partition coefficient (Wildman–Crippen LogP) is 2.61. The van der Waals surface area contributed by atoms with Crippen LogP contribution in [0.25, 0.3) is 0 Å². The molecule has 9 heteroatoms. The summed E-state index contributed by atoms with van der Waals surface area (Å²) in [7, 11) is 1.27. The summed E-state index contributed by atoms with van der Waals surface area (Å²) in [5, 5.41) is 11.4. The van der Waals surface area contributed by atoms with Crippen molar-refractivity contribution in [3.05, 3.63) is 63.7 Å². The normalized spacial score (nSPS) is 11.4. The summed E-state index contributed by atoms with van der Waals surface area (Å²) in [4.78, 5) is 33.9. The number of ether oxygens (including phenoxy) is 3. The highest BCUT2D eigenvalue weighted by Gasteiger charge is 2.20. The fourth-order valence-electron chi connectivity index (χ4n) is 2.41. The lowest BCUT2D eigenvalue weighted by Gasteiger charge is -2.12. The van der Waals surface area contributed by atoms with Crippen LogP contribution in [-0.2, 0) is 20.7 Å². The highest BCUT2D eigenvalue weighted by atomic mass is 16.6. The molecule has 0 saturated heterocycles. The van der Waals surface area contributed by atoms with Gasteiger partial charge in [-0.3, -0.25) is 14.9 Å². The lowest BCUT2D eigenvalue weighted by atomic mass is 10.1. The monoisotopic (exact) mass is 388 g/mol. The third-order valence-electron chi connectivity index (χ3n) is 3.77. The van der Waals surface area contributed by atoms with Gasteiger partial charge in [-0.15, -0.1) is 0 Å². The molecule has 0 spiro atoms. The van der Waals surface area contributed by atoms with E-state index in [4.69, 9.17) is 15.2 Å². The van der Waals surface area contributed by atoms with Gasteiger partial charge in [0.1, 0.15) is 11.8 Å². The third kappa shape index (κ3) is 5.27. The second-order valence-electron chi connectivity index (χ2n) is 5.74. The van der Waals surface area contributed by atoms with Crippen LogP contribution >= 0.6 is 0 Å². The molecule has 0 radical (unpaired) electrons. The molecule has 1 atom stereocenters. The van der Waals surface area contributed by atoms with E-state index >= 15 is 0 Å². The summed E-state index contributed by atoms with van der Waals surface area (Å²) in [6.45, 7) is 1.87. The second-order valence-corrected chi connectivity index (χ2v) is 5.74. The first-order chi connectivity index (χ1) is 13.3. The summed E-state index contributed by atoms with van der Waals surface area (Å²) in [5.41, 5.74) is 6.31. The molecule has 0 fully saturated rings. The van der Waals surface area contributed by atoms with Crippen LogP contribution in [0.2, 0.25) is 0 Å². The highest BCUT2D eigenvalue weighted by molar-refractivity contribution is 5.89. The Kier molecular flexibility index (Phi) is 7.05. The van der Waals surface area contributed by atoms with Crippen molar-refractivity contribution in [1.29, 1.82) is 0 Å². The van der Waals surface area contributed by atoms with E-state index in [-0.39, 0.29) is 24.5 Å². The molecule has 0 saturated carbocycles. The van der Waals surface area contributed by atoms with Crippen molar-refractivity contribution in [2.45, 2.75) is 19.4 Å².